The fourth-order valence-corrected chi connectivity index (χ4v) is 3.51. The number of aromatic hydroxyl groups is 2. The van der Waals surface area contributed by atoms with Crippen LogP contribution < -0.4 is 4.18 Å². The maximum absolute atomic E-state index is 12.4. The Labute approximate surface area is 149 Å². The van der Waals surface area contributed by atoms with Gasteiger partial charge in [-0.1, -0.05) is 23.8 Å². The van der Waals surface area contributed by atoms with Gasteiger partial charge >= 0.3 is 15.6 Å². The van der Waals surface area contributed by atoms with Crippen molar-refractivity contribution in [3.8, 4) is 17.2 Å². The van der Waals surface area contributed by atoms with Gasteiger partial charge in [0.15, 0.2) is 0 Å². The Hall–Kier alpha value is -2.16. The van der Waals surface area contributed by atoms with Crippen molar-refractivity contribution in [2.24, 2.45) is 5.92 Å². The maximum Gasteiger partial charge on any atom is 0.534 e. The van der Waals surface area contributed by atoms with Crippen LogP contribution >= 0.6 is 0 Å². The first-order chi connectivity index (χ1) is 11.8. The molecule has 0 saturated carbocycles. The Balaban J connectivity index is 2.47. The maximum atomic E-state index is 12.4. The van der Waals surface area contributed by atoms with Crippen LogP contribution in [0.25, 0.3) is 0 Å². The zero-order chi connectivity index (χ0) is 19.9. The minimum atomic E-state index is -5.90. The summed E-state index contributed by atoms with van der Waals surface area (Å²) in [6, 6.07) is 1.48. The van der Waals surface area contributed by atoms with Gasteiger partial charge in [-0.15, -0.1) is 0 Å². The number of allylic oxidation sites excluding steroid dienone is 3. The van der Waals surface area contributed by atoms with Gasteiger partial charge in [-0.05, 0) is 32.6 Å². The Morgan fingerprint density at radius 2 is 1.81 bits per heavy atom. The Morgan fingerprint density at radius 1 is 1.27 bits per heavy atom. The summed E-state index contributed by atoms with van der Waals surface area (Å²) in [7, 11) is -5.90. The van der Waals surface area contributed by atoms with Crippen LogP contribution in [0.1, 0.15) is 38.2 Å². The van der Waals surface area contributed by atoms with Crippen LogP contribution in [0.4, 0.5) is 13.2 Å². The molecule has 0 amide bonds. The van der Waals surface area contributed by atoms with Crippen LogP contribution in [0.5, 0.6) is 17.2 Å². The summed E-state index contributed by atoms with van der Waals surface area (Å²) >= 11 is 0. The highest BCUT2D eigenvalue weighted by atomic mass is 32.2. The third-order valence-corrected chi connectivity index (χ3v) is 5.29. The molecule has 0 aromatic heterocycles. The molecule has 1 aliphatic carbocycles. The van der Waals surface area contributed by atoms with E-state index in [9.17, 15) is 31.8 Å². The van der Waals surface area contributed by atoms with Crippen molar-refractivity contribution in [3.63, 3.8) is 0 Å². The van der Waals surface area contributed by atoms with E-state index in [-0.39, 0.29) is 11.5 Å². The van der Waals surface area contributed by atoms with Gasteiger partial charge in [0.05, 0.1) is 0 Å². The molecule has 5 nitrogen and oxygen atoms in total. The zero-order valence-corrected chi connectivity index (χ0v) is 15.0. The number of alkyl halides is 3. The molecule has 26 heavy (non-hydrogen) atoms. The molecular formula is C17H19F3O5S. The van der Waals surface area contributed by atoms with Crippen molar-refractivity contribution in [1.29, 1.82) is 0 Å². The van der Waals surface area contributed by atoms with E-state index in [4.69, 9.17) is 0 Å². The second-order valence-corrected chi connectivity index (χ2v) is 7.93. The molecule has 1 aromatic carbocycles. The van der Waals surface area contributed by atoms with E-state index in [1.54, 1.807) is 0 Å². The molecule has 1 aliphatic rings. The van der Waals surface area contributed by atoms with E-state index in [1.807, 2.05) is 19.9 Å². The molecule has 9 heteroatoms. The van der Waals surface area contributed by atoms with Crippen molar-refractivity contribution in [2.45, 2.75) is 38.1 Å². The summed E-state index contributed by atoms with van der Waals surface area (Å²) in [6.07, 6.45) is 3.41. The predicted octanol–water partition coefficient (Wildman–Crippen LogP) is 4.34. The molecule has 0 unspecified atom stereocenters. The highest BCUT2D eigenvalue weighted by Crippen LogP contribution is 2.47. The number of hydrogen-bond acceptors (Lipinski definition) is 5. The molecule has 144 valence electrons. The SMILES string of the molecule is C=C(C)[C@H]1CCC(C)=C[C@H]1c1c(O)cc(OS(=O)(=O)C(F)(F)F)cc1O. The number of benzene rings is 1. The average Bonchev–Trinajstić information content (AvgIpc) is 2.44. The monoisotopic (exact) mass is 392 g/mol. The van der Waals surface area contributed by atoms with Gasteiger partial charge in [0.25, 0.3) is 0 Å². The van der Waals surface area contributed by atoms with Crippen LogP contribution in [0.2, 0.25) is 0 Å². The Bertz CT molecular complexity index is 833. The van der Waals surface area contributed by atoms with Crippen molar-refractivity contribution >= 4 is 10.1 Å². The molecular weight excluding hydrogens is 373 g/mol. The van der Waals surface area contributed by atoms with Crippen LogP contribution in [0, 0.1) is 5.92 Å². The number of phenolic OH excluding ortho intramolecular Hbond substituents is 2. The third-order valence-electron chi connectivity index (χ3n) is 4.31. The normalized spacial score (nSPS) is 21.2. The minimum Gasteiger partial charge on any atom is -0.507 e. The minimum absolute atomic E-state index is 0.0822. The predicted molar refractivity (Wildman–Crippen MR) is 89.4 cm³/mol. The molecule has 0 radical (unpaired) electrons. The molecule has 0 spiro atoms. The third kappa shape index (κ3) is 3.98. The topological polar surface area (TPSA) is 83.8 Å². The number of rotatable bonds is 4. The van der Waals surface area contributed by atoms with Gasteiger partial charge in [0.1, 0.15) is 17.2 Å². The summed E-state index contributed by atoms with van der Waals surface area (Å²) in [5, 5.41) is 20.5. The zero-order valence-electron chi connectivity index (χ0n) is 14.2. The summed E-state index contributed by atoms with van der Waals surface area (Å²) in [5.74, 6) is -2.46. The molecule has 1 aromatic rings. The van der Waals surface area contributed by atoms with Crippen LogP contribution in [-0.4, -0.2) is 24.1 Å². The van der Waals surface area contributed by atoms with Gasteiger partial charge < -0.3 is 14.4 Å². The van der Waals surface area contributed by atoms with Gasteiger partial charge in [0.2, 0.25) is 0 Å². The quantitative estimate of drug-likeness (QED) is 0.452. The van der Waals surface area contributed by atoms with Crippen molar-refractivity contribution in [3.05, 3.63) is 41.5 Å². The second kappa shape index (κ2) is 6.86. The van der Waals surface area contributed by atoms with Crippen LogP contribution in [-0.2, 0) is 10.1 Å². The number of halogens is 3. The fraction of sp³-hybridized carbons (Fsp3) is 0.412. The van der Waals surface area contributed by atoms with E-state index in [0.29, 0.717) is 0 Å². The van der Waals surface area contributed by atoms with E-state index in [0.717, 1.165) is 36.1 Å². The molecule has 0 aliphatic heterocycles. The summed E-state index contributed by atoms with van der Waals surface area (Å²) < 4.78 is 63.4. The molecule has 0 bridgehead atoms. The lowest BCUT2D eigenvalue weighted by Gasteiger charge is -2.31. The lowest BCUT2D eigenvalue weighted by Crippen LogP contribution is -2.28. The summed E-state index contributed by atoms with van der Waals surface area (Å²) in [5.41, 5.74) is -3.66. The second-order valence-electron chi connectivity index (χ2n) is 6.39. The van der Waals surface area contributed by atoms with Gasteiger partial charge in [-0.3, -0.25) is 0 Å². The lowest BCUT2D eigenvalue weighted by molar-refractivity contribution is -0.0500. The number of phenols is 2. The van der Waals surface area contributed by atoms with E-state index in [2.05, 4.69) is 10.8 Å². The average molecular weight is 392 g/mol. The molecule has 2 N–H and O–H groups in total. The lowest BCUT2D eigenvalue weighted by atomic mass is 9.74. The van der Waals surface area contributed by atoms with Gasteiger partial charge in [0, 0.05) is 23.6 Å². The van der Waals surface area contributed by atoms with Crippen molar-refractivity contribution in [1.82, 2.24) is 0 Å². The standard InChI is InChI=1S/C17H19F3O5S/c1-9(2)12-5-4-10(3)6-13(12)16-14(21)7-11(8-15(16)22)25-26(23,24)17(18,19)20/h6-8,12-13,21-22H,1,4-5H2,2-3H3/t12-,13-/m1/s1. The first kappa shape index (κ1) is 20.2. The highest BCUT2D eigenvalue weighted by Gasteiger charge is 2.48. The van der Waals surface area contributed by atoms with Gasteiger partial charge in [-0.25, -0.2) is 0 Å². The van der Waals surface area contributed by atoms with Crippen molar-refractivity contribution < 1.29 is 36.0 Å². The number of hydrogen-bond donors (Lipinski definition) is 2. The Kier molecular flexibility index (Phi) is 5.32. The summed E-state index contributed by atoms with van der Waals surface area (Å²) in [6.45, 7) is 7.62. The molecule has 0 heterocycles. The highest BCUT2D eigenvalue weighted by molar-refractivity contribution is 7.88. The van der Waals surface area contributed by atoms with Gasteiger partial charge in [-0.2, -0.15) is 21.6 Å². The smallest absolute Gasteiger partial charge is 0.507 e. The van der Waals surface area contributed by atoms with Crippen molar-refractivity contribution in [2.75, 3.05) is 0 Å². The molecule has 2 atom stereocenters. The van der Waals surface area contributed by atoms with E-state index >= 15 is 0 Å². The molecule has 2 rings (SSSR count). The first-order valence-corrected chi connectivity index (χ1v) is 9.13. The fourth-order valence-electron chi connectivity index (χ4n) is 3.07. The van der Waals surface area contributed by atoms with Crippen LogP contribution in [0.15, 0.2) is 35.9 Å². The largest absolute Gasteiger partial charge is 0.534 e. The van der Waals surface area contributed by atoms with E-state index in [1.165, 1.54) is 0 Å². The summed E-state index contributed by atoms with van der Waals surface area (Å²) in [4.78, 5) is 0. The van der Waals surface area contributed by atoms with Crippen LogP contribution in [0.3, 0.4) is 0 Å². The molecule has 0 saturated heterocycles. The van der Waals surface area contributed by atoms with E-state index < -0.39 is 38.8 Å². The molecule has 0 fully saturated rings. The Morgan fingerprint density at radius 3 is 2.27 bits per heavy atom. The first-order valence-electron chi connectivity index (χ1n) is 7.73.